The van der Waals surface area contributed by atoms with Crippen molar-refractivity contribution in [2.45, 2.75) is 51.7 Å². The molecule has 3 rings (SSSR count). The zero-order valence-corrected chi connectivity index (χ0v) is 13.6. The summed E-state index contributed by atoms with van der Waals surface area (Å²) in [5.74, 6) is -1.22. The van der Waals surface area contributed by atoms with E-state index in [9.17, 15) is 8.78 Å². The molecule has 2 fully saturated rings. The van der Waals surface area contributed by atoms with Gasteiger partial charge in [0, 0.05) is 18.8 Å². The highest BCUT2D eigenvalue weighted by Gasteiger charge is 2.53. The lowest BCUT2D eigenvalue weighted by Gasteiger charge is -2.32. The van der Waals surface area contributed by atoms with Crippen molar-refractivity contribution >= 4 is 18.3 Å². The lowest BCUT2D eigenvalue weighted by Crippen LogP contribution is -2.41. The summed E-state index contributed by atoms with van der Waals surface area (Å²) in [6, 6.07) is 2.77. The fourth-order valence-corrected chi connectivity index (χ4v) is 2.91. The van der Waals surface area contributed by atoms with Gasteiger partial charge in [0.1, 0.15) is 11.6 Å². The van der Waals surface area contributed by atoms with Gasteiger partial charge in [-0.05, 0) is 52.7 Å². The van der Waals surface area contributed by atoms with Crippen LogP contribution in [-0.4, -0.2) is 31.4 Å². The molecule has 6 heteroatoms. The van der Waals surface area contributed by atoms with Crippen LogP contribution in [0.3, 0.4) is 0 Å². The molecule has 22 heavy (non-hydrogen) atoms. The molecule has 2 aliphatic rings. The number of benzene rings is 1. The molecule has 0 aromatic heterocycles. The highest BCUT2D eigenvalue weighted by atomic mass is 19.1. The van der Waals surface area contributed by atoms with Crippen LogP contribution in [0.4, 0.5) is 14.5 Å². The Morgan fingerprint density at radius 1 is 0.955 bits per heavy atom. The van der Waals surface area contributed by atoms with Crippen molar-refractivity contribution in [3.05, 3.63) is 23.8 Å². The predicted molar refractivity (Wildman–Crippen MR) is 83.5 cm³/mol. The number of anilines is 1. The van der Waals surface area contributed by atoms with Gasteiger partial charge in [0.25, 0.3) is 0 Å². The number of hydrogen-bond acceptors (Lipinski definition) is 3. The Morgan fingerprint density at radius 3 is 1.86 bits per heavy atom. The summed E-state index contributed by atoms with van der Waals surface area (Å²) >= 11 is 0. The molecule has 1 aromatic rings. The quantitative estimate of drug-likeness (QED) is 0.784. The predicted octanol–water partition coefficient (Wildman–Crippen LogP) is 2.86. The molecule has 0 spiro atoms. The first-order chi connectivity index (χ1) is 10.2. The summed E-state index contributed by atoms with van der Waals surface area (Å²) in [5, 5.41) is 0. The molecule has 0 saturated carbocycles. The maximum absolute atomic E-state index is 14.5. The normalized spacial score (nSPS) is 23.4. The van der Waals surface area contributed by atoms with Crippen LogP contribution in [0.15, 0.2) is 12.1 Å². The van der Waals surface area contributed by atoms with E-state index in [2.05, 4.69) is 0 Å². The maximum Gasteiger partial charge on any atom is 0.500 e. The van der Waals surface area contributed by atoms with Gasteiger partial charge < -0.3 is 14.2 Å². The summed E-state index contributed by atoms with van der Waals surface area (Å²) in [6.45, 7) is 9.13. The van der Waals surface area contributed by atoms with E-state index in [-0.39, 0.29) is 5.46 Å². The number of halogens is 2. The molecular formula is C16H22BF2NO2. The third kappa shape index (κ3) is 2.52. The molecular weight excluding hydrogens is 287 g/mol. The first-order valence-corrected chi connectivity index (χ1v) is 7.81. The van der Waals surface area contributed by atoms with Crippen LogP contribution < -0.4 is 10.4 Å². The maximum atomic E-state index is 14.5. The fraction of sp³-hybridized carbons (Fsp3) is 0.625. The Kier molecular flexibility index (Phi) is 3.72. The van der Waals surface area contributed by atoms with E-state index < -0.39 is 30.0 Å². The Hall–Kier alpha value is -1.14. The van der Waals surface area contributed by atoms with E-state index in [1.165, 1.54) is 12.1 Å². The fourth-order valence-electron chi connectivity index (χ4n) is 2.91. The molecule has 0 bridgehead atoms. The summed E-state index contributed by atoms with van der Waals surface area (Å²) in [6.07, 6.45) is 2.12. The van der Waals surface area contributed by atoms with Crippen LogP contribution in [0.2, 0.25) is 0 Å². The SMILES string of the molecule is CC1(C)OB(c2c(F)cc(N3CCCC3)cc2F)OC1(C)C. The van der Waals surface area contributed by atoms with Gasteiger partial charge in [0.2, 0.25) is 0 Å². The van der Waals surface area contributed by atoms with E-state index in [1.54, 1.807) is 0 Å². The zero-order chi connectivity index (χ0) is 16.1. The van der Waals surface area contributed by atoms with Crippen molar-refractivity contribution in [1.82, 2.24) is 0 Å². The van der Waals surface area contributed by atoms with Crippen molar-refractivity contribution in [2.75, 3.05) is 18.0 Å². The Balaban J connectivity index is 1.92. The first-order valence-electron chi connectivity index (χ1n) is 7.81. The Labute approximate surface area is 130 Å². The molecule has 2 heterocycles. The molecule has 0 aliphatic carbocycles. The van der Waals surface area contributed by atoms with E-state index in [1.807, 2.05) is 32.6 Å². The first kappa shape index (κ1) is 15.7. The Bertz CT molecular complexity index is 547. The van der Waals surface area contributed by atoms with Gasteiger partial charge in [-0.3, -0.25) is 0 Å². The van der Waals surface area contributed by atoms with E-state index in [0.29, 0.717) is 5.69 Å². The van der Waals surface area contributed by atoms with Gasteiger partial charge in [-0.1, -0.05) is 0 Å². The van der Waals surface area contributed by atoms with Crippen molar-refractivity contribution in [2.24, 2.45) is 0 Å². The molecule has 0 atom stereocenters. The van der Waals surface area contributed by atoms with Crippen molar-refractivity contribution < 1.29 is 18.1 Å². The third-order valence-corrected chi connectivity index (χ3v) is 5.02. The largest absolute Gasteiger partial charge is 0.500 e. The lowest BCUT2D eigenvalue weighted by atomic mass is 9.78. The lowest BCUT2D eigenvalue weighted by molar-refractivity contribution is 0.00578. The van der Waals surface area contributed by atoms with E-state index in [0.717, 1.165) is 25.9 Å². The van der Waals surface area contributed by atoms with Crippen LogP contribution in [-0.2, 0) is 9.31 Å². The van der Waals surface area contributed by atoms with E-state index >= 15 is 0 Å². The van der Waals surface area contributed by atoms with Gasteiger partial charge >= 0.3 is 7.12 Å². The summed E-state index contributed by atoms with van der Waals surface area (Å²) < 4.78 is 40.5. The summed E-state index contributed by atoms with van der Waals surface area (Å²) in [4.78, 5) is 2.00. The highest BCUT2D eigenvalue weighted by Crippen LogP contribution is 2.37. The van der Waals surface area contributed by atoms with Crippen LogP contribution in [0, 0.1) is 11.6 Å². The average Bonchev–Trinajstić information content (AvgIpc) is 2.95. The van der Waals surface area contributed by atoms with Gasteiger partial charge in [-0.2, -0.15) is 0 Å². The van der Waals surface area contributed by atoms with Crippen molar-refractivity contribution in [3.63, 3.8) is 0 Å². The third-order valence-electron chi connectivity index (χ3n) is 5.02. The number of nitrogens with zero attached hydrogens (tertiary/aromatic N) is 1. The van der Waals surface area contributed by atoms with Gasteiger partial charge in [0.05, 0.1) is 16.7 Å². The monoisotopic (exact) mass is 309 g/mol. The molecule has 0 N–H and O–H groups in total. The summed E-state index contributed by atoms with van der Waals surface area (Å²) in [7, 11) is -1.02. The molecule has 0 radical (unpaired) electrons. The molecule has 0 unspecified atom stereocenters. The standard InChI is InChI=1S/C16H22BF2NO2/c1-15(2)16(3,4)22-17(21-15)14-12(18)9-11(10-13(14)19)20-7-5-6-8-20/h9-10H,5-8H2,1-4H3. The average molecular weight is 309 g/mol. The number of rotatable bonds is 2. The van der Waals surface area contributed by atoms with Gasteiger partial charge in [0.15, 0.2) is 0 Å². The second-order valence-electron chi connectivity index (χ2n) is 7.11. The molecule has 120 valence electrons. The zero-order valence-electron chi connectivity index (χ0n) is 13.6. The van der Waals surface area contributed by atoms with Crippen LogP contribution in [0.25, 0.3) is 0 Å². The minimum absolute atomic E-state index is 0.137. The Morgan fingerprint density at radius 2 is 1.41 bits per heavy atom. The molecule has 2 saturated heterocycles. The topological polar surface area (TPSA) is 21.7 Å². The highest BCUT2D eigenvalue weighted by molar-refractivity contribution is 6.62. The minimum Gasteiger partial charge on any atom is -0.399 e. The minimum atomic E-state index is -1.02. The molecule has 3 nitrogen and oxygen atoms in total. The molecule has 0 amide bonds. The molecule has 2 aliphatic heterocycles. The van der Waals surface area contributed by atoms with Gasteiger partial charge in [-0.25, -0.2) is 8.78 Å². The second-order valence-corrected chi connectivity index (χ2v) is 7.11. The van der Waals surface area contributed by atoms with Crippen molar-refractivity contribution in [1.29, 1.82) is 0 Å². The molecule has 1 aromatic carbocycles. The number of hydrogen-bond donors (Lipinski definition) is 0. The van der Waals surface area contributed by atoms with E-state index in [4.69, 9.17) is 9.31 Å². The van der Waals surface area contributed by atoms with Gasteiger partial charge in [-0.15, -0.1) is 0 Å². The summed E-state index contributed by atoms with van der Waals surface area (Å²) in [5.41, 5.74) is -0.789. The van der Waals surface area contributed by atoms with Crippen LogP contribution in [0.5, 0.6) is 0 Å². The smallest absolute Gasteiger partial charge is 0.399 e. The van der Waals surface area contributed by atoms with Crippen LogP contribution >= 0.6 is 0 Å². The van der Waals surface area contributed by atoms with Crippen LogP contribution in [0.1, 0.15) is 40.5 Å². The second kappa shape index (κ2) is 5.20. The van der Waals surface area contributed by atoms with Crippen molar-refractivity contribution in [3.8, 4) is 0 Å².